The quantitative estimate of drug-likeness (QED) is 0.476. The number of thioether (sulfide) groups is 1. The second-order valence-corrected chi connectivity index (χ2v) is 2.56. The fraction of sp³-hybridized carbons (Fsp3) is 0.286. The standard InChI is InChI=1S/C7H9N2S/c1-3-6-4-5-8-7(9-6)10-2/h4-5H,1,3H2,2H3. The van der Waals surface area contributed by atoms with Crippen molar-refractivity contribution < 1.29 is 0 Å². The summed E-state index contributed by atoms with van der Waals surface area (Å²) < 4.78 is 0. The van der Waals surface area contributed by atoms with Crippen LogP contribution in [-0.2, 0) is 6.42 Å². The lowest BCUT2D eigenvalue weighted by molar-refractivity contribution is 0.912. The van der Waals surface area contributed by atoms with Crippen molar-refractivity contribution >= 4 is 11.8 Å². The summed E-state index contributed by atoms with van der Waals surface area (Å²) in [7, 11) is 0. The van der Waals surface area contributed by atoms with Gasteiger partial charge in [0, 0.05) is 11.9 Å². The van der Waals surface area contributed by atoms with Crippen LogP contribution in [0.25, 0.3) is 0 Å². The van der Waals surface area contributed by atoms with Crippen LogP contribution in [0.2, 0.25) is 0 Å². The molecule has 10 heavy (non-hydrogen) atoms. The SMILES string of the molecule is [CH2]Cc1ccnc(SC)n1. The molecule has 0 unspecified atom stereocenters. The molecule has 1 heterocycles. The first-order chi connectivity index (χ1) is 4.86. The zero-order valence-electron chi connectivity index (χ0n) is 5.87. The number of rotatable bonds is 2. The van der Waals surface area contributed by atoms with E-state index >= 15 is 0 Å². The Bertz CT molecular complexity index is 193. The van der Waals surface area contributed by atoms with Crippen LogP contribution in [0.3, 0.4) is 0 Å². The molecule has 0 saturated heterocycles. The lowest BCUT2D eigenvalue weighted by Gasteiger charge is -1.95. The van der Waals surface area contributed by atoms with Gasteiger partial charge in [-0.3, -0.25) is 0 Å². The number of hydrogen-bond acceptors (Lipinski definition) is 3. The first-order valence-corrected chi connectivity index (χ1v) is 4.24. The van der Waals surface area contributed by atoms with Crippen LogP contribution in [0, 0.1) is 6.92 Å². The number of nitrogens with zero attached hydrogens (tertiary/aromatic N) is 2. The third-order valence-corrected chi connectivity index (χ3v) is 1.69. The molecule has 1 radical (unpaired) electrons. The molecule has 0 spiro atoms. The summed E-state index contributed by atoms with van der Waals surface area (Å²) in [6, 6.07) is 1.88. The Balaban J connectivity index is 2.87. The highest BCUT2D eigenvalue weighted by molar-refractivity contribution is 7.98. The highest BCUT2D eigenvalue weighted by Gasteiger charge is 1.93. The minimum Gasteiger partial charge on any atom is -0.231 e. The van der Waals surface area contributed by atoms with Crippen LogP contribution in [0.4, 0.5) is 0 Å². The Morgan fingerprint density at radius 2 is 2.50 bits per heavy atom. The molecule has 0 aliphatic carbocycles. The van der Waals surface area contributed by atoms with Crippen molar-refractivity contribution in [2.24, 2.45) is 0 Å². The maximum Gasteiger partial charge on any atom is 0.187 e. The van der Waals surface area contributed by atoms with Crippen molar-refractivity contribution in [3.63, 3.8) is 0 Å². The van der Waals surface area contributed by atoms with E-state index in [9.17, 15) is 0 Å². The molecule has 3 heteroatoms. The van der Waals surface area contributed by atoms with Gasteiger partial charge in [0.25, 0.3) is 0 Å². The highest BCUT2D eigenvalue weighted by atomic mass is 32.2. The smallest absolute Gasteiger partial charge is 0.187 e. The molecule has 1 rings (SSSR count). The van der Waals surface area contributed by atoms with E-state index in [2.05, 4.69) is 16.9 Å². The van der Waals surface area contributed by atoms with Crippen LogP contribution in [0.15, 0.2) is 17.4 Å². The summed E-state index contributed by atoms with van der Waals surface area (Å²) in [6.45, 7) is 3.73. The molecule has 0 fully saturated rings. The van der Waals surface area contributed by atoms with Gasteiger partial charge in [-0.2, -0.15) is 0 Å². The summed E-state index contributed by atoms with van der Waals surface area (Å²) in [4.78, 5) is 8.23. The molecule has 0 N–H and O–H groups in total. The van der Waals surface area contributed by atoms with Gasteiger partial charge in [0.1, 0.15) is 0 Å². The van der Waals surface area contributed by atoms with Crippen molar-refractivity contribution in [3.05, 3.63) is 24.9 Å². The average Bonchev–Trinajstić information content (AvgIpc) is 2.05. The maximum absolute atomic E-state index is 4.20. The summed E-state index contributed by atoms with van der Waals surface area (Å²) in [5.41, 5.74) is 0.999. The van der Waals surface area contributed by atoms with Gasteiger partial charge in [-0.15, -0.1) is 0 Å². The molecule has 0 aromatic carbocycles. The van der Waals surface area contributed by atoms with Gasteiger partial charge in [0.05, 0.1) is 0 Å². The van der Waals surface area contributed by atoms with Crippen molar-refractivity contribution in [3.8, 4) is 0 Å². The molecule has 0 aliphatic rings. The lowest BCUT2D eigenvalue weighted by atomic mass is 10.3. The largest absolute Gasteiger partial charge is 0.231 e. The van der Waals surface area contributed by atoms with E-state index in [4.69, 9.17) is 0 Å². The Morgan fingerprint density at radius 1 is 1.70 bits per heavy atom. The fourth-order valence-electron chi connectivity index (χ4n) is 0.614. The van der Waals surface area contributed by atoms with Crippen LogP contribution >= 0.6 is 11.8 Å². The molecule has 0 saturated carbocycles. The normalized spacial score (nSPS) is 9.80. The number of aromatic nitrogens is 2. The molecule has 0 bridgehead atoms. The zero-order valence-corrected chi connectivity index (χ0v) is 6.69. The fourth-order valence-corrected chi connectivity index (χ4v) is 0.988. The molecule has 2 nitrogen and oxygen atoms in total. The Morgan fingerprint density at radius 3 is 3.10 bits per heavy atom. The third-order valence-electron chi connectivity index (χ3n) is 1.13. The molecular weight excluding hydrogens is 144 g/mol. The minimum atomic E-state index is 0.732. The first kappa shape index (κ1) is 7.54. The zero-order chi connectivity index (χ0) is 7.40. The van der Waals surface area contributed by atoms with E-state index in [-0.39, 0.29) is 0 Å². The third kappa shape index (κ3) is 1.70. The van der Waals surface area contributed by atoms with Crippen molar-refractivity contribution in [1.82, 2.24) is 9.97 Å². The molecule has 0 atom stereocenters. The first-order valence-electron chi connectivity index (χ1n) is 3.02. The Kier molecular flexibility index (Phi) is 2.68. The molecule has 0 amide bonds. The van der Waals surface area contributed by atoms with Gasteiger partial charge in [-0.25, -0.2) is 9.97 Å². The van der Waals surface area contributed by atoms with Gasteiger partial charge >= 0.3 is 0 Å². The average molecular weight is 153 g/mol. The summed E-state index contributed by atoms with van der Waals surface area (Å²) in [5, 5.41) is 0.821. The maximum atomic E-state index is 4.20. The van der Waals surface area contributed by atoms with Crippen LogP contribution in [0.5, 0.6) is 0 Å². The van der Waals surface area contributed by atoms with Gasteiger partial charge < -0.3 is 0 Å². The topological polar surface area (TPSA) is 25.8 Å². The van der Waals surface area contributed by atoms with E-state index < -0.39 is 0 Å². The summed E-state index contributed by atoms with van der Waals surface area (Å²) >= 11 is 1.55. The minimum absolute atomic E-state index is 0.732. The predicted octanol–water partition coefficient (Wildman–Crippen LogP) is 1.58. The van der Waals surface area contributed by atoms with Gasteiger partial charge in [0.2, 0.25) is 0 Å². The monoisotopic (exact) mass is 153 g/mol. The van der Waals surface area contributed by atoms with E-state index in [0.29, 0.717) is 0 Å². The lowest BCUT2D eigenvalue weighted by Crippen LogP contribution is -1.90. The van der Waals surface area contributed by atoms with Crippen LogP contribution < -0.4 is 0 Å². The van der Waals surface area contributed by atoms with E-state index in [1.807, 2.05) is 12.3 Å². The molecule has 1 aromatic heterocycles. The molecule has 53 valence electrons. The molecular formula is C7H9N2S. The Labute approximate surface area is 65.1 Å². The Hall–Kier alpha value is -0.570. The van der Waals surface area contributed by atoms with E-state index in [1.54, 1.807) is 18.0 Å². The molecule has 1 aromatic rings. The van der Waals surface area contributed by atoms with Gasteiger partial charge in [-0.05, 0) is 25.7 Å². The van der Waals surface area contributed by atoms with Crippen LogP contribution in [-0.4, -0.2) is 16.2 Å². The molecule has 0 aliphatic heterocycles. The van der Waals surface area contributed by atoms with E-state index in [0.717, 1.165) is 17.3 Å². The second kappa shape index (κ2) is 3.56. The van der Waals surface area contributed by atoms with Gasteiger partial charge in [0.15, 0.2) is 5.16 Å². The second-order valence-electron chi connectivity index (χ2n) is 1.78. The van der Waals surface area contributed by atoms with Gasteiger partial charge in [-0.1, -0.05) is 11.8 Å². The van der Waals surface area contributed by atoms with Crippen molar-refractivity contribution in [1.29, 1.82) is 0 Å². The van der Waals surface area contributed by atoms with E-state index in [1.165, 1.54) is 0 Å². The van der Waals surface area contributed by atoms with Crippen molar-refractivity contribution in [2.75, 3.05) is 6.26 Å². The predicted molar refractivity (Wildman–Crippen MR) is 42.9 cm³/mol. The number of hydrogen-bond donors (Lipinski definition) is 0. The summed E-state index contributed by atoms with van der Waals surface area (Å²) in [5.74, 6) is 0. The van der Waals surface area contributed by atoms with Crippen LogP contribution in [0.1, 0.15) is 5.69 Å². The van der Waals surface area contributed by atoms with Crippen molar-refractivity contribution in [2.45, 2.75) is 11.6 Å². The summed E-state index contributed by atoms with van der Waals surface area (Å²) in [6.07, 6.45) is 4.46. The highest BCUT2D eigenvalue weighted by Crippen LogP contribution is 2.07.